The molecular formula is C19H19Cl2N3O2. The molecule has 7 heteroatoms. The number of rotatable bonds is 3. The van der Waals surface area contributed by atoms with Gasteiger partial charge in [-0.05, 0) is 31.5 Å². The molecule has 1 aromatic heterocycles. The van der Waals surface area contributed by atoms with Gasteiger partial charge in [0.1, 0.15) is 5.69 Å². The maximum Gasteiger partial charge on any atom is 0.270 e. The number of carbonyl (C=O) groups is 2. The molecule has 2 atom stereocenters. The van der Waals surface area contributed by atoms with E-state index in [1.54, 1.807) is 18.2 Å². The largest absolute Gasteiger partial charge is 0.350 e. The molecule has 1 N–H and O–H groups in total. The van der Waals surface area contributed by atoms with Gasteiger partial charge in [-0.1, -0.05) is 35.4 Å². The third-order valence-electron chi connectivity index (χ3n) is 5.17. The Kier molecular flexibility index (Phi) is 4.24. The molecule has 0 unspecified atom stereocenters. The van der Waals surface area contributed by atoms with Crippen molar-refractivity contribution in [3.8, 4) is 0 Å². The highest BCUT2D eigenvalue weighted by Crippen LogP contribution is 2.33. The molecule has 2 aliphatic rings. The van der Waals surface area contributed by atoms with Gasteiger partial charge in [0.05, 0.1) is 22.1 Å². The lowest BCUT2D eigenvalue weighted by Gasteiger charge is -2.34. The van der Waals surface area contributed by atoms with Crippen LogP contribution in [0.25, 0.3) is 10.9 Å². The first-order valence-electron chi connectivity index (χ1n) is 8.56. The Labute approximate surface area is 161 Å². The summed E-state index contributed by atoms with van der Waals surface area (Å²) in [5, 5.41) is 1.77. The summed E-state index contributed by atoms with van der Waals surface area (Å²) in [5.41, 5.74) is 2.16. The molecule has 0 radical (unpaired) electrons. The molecule has 26 heavy (non-hydrogen) atoms. The van der Waals surface area contributed by atoms with Crippen LogP contribution in [0.1, 0.15) is 30.3 Å². The number of piperazine rings is 1. The third kappa shape index (κ3) is 2.89. The Bertz CT molecular complexity index is 897. The van der Waals surface area contributed by atoms with E-state index >= 15 is 0 Å². The molecule has 2 amide bonds. The molecule has 2 fully saturated rings. The number of likely N-dealkylation sites (tertiary alicyclic amines) is 2. The molecule has 0 spiro atoms. The highest BCUT2D eigenvalue weighted by molar-refractivity contribution is 6.42. The number of amides is 2. The van der Waals surface area contributed by atoms with Crippen LogP contribution in [-0.4, -0.2) is 51.8 Å². The predicted octanol–water partition coefficient (Wildman–Crippen LogP) is 3.87. The summed E-state index contributed by atoms with van der Waals surface area (Å²) in [5.74, 6) is 0.0555. The molecule has 4 rings (SSSR count). The maximum atomic E-state index is 12.9. The third-order valence-corrected chi connectivity index (χ3v) is 5.89. The van der Waals surface area contributed by atoms with Crippen LogP contribution in [0.15, 0.2) is 30.4 Å². The quantitative estimate of drug-likeness (QED) is 0.807. The highest BCUT2D eigenvalue weighted by atomic mass is 35.5. The molecule has 0 aliphatic carbocycles. The molecule has 2 aliphatic heterocycles. The van der Waals surface area contributed by atoms with Crippen molar-refractivity contribution in [3.63, 3.8) is 0 Å². The van der Waals surface area contributed by atoms with Crippen LogP contribution in [0.5, 0.6) is 0 Å². The Morgan fingerprint density at radius 1 is 1.15 bits per heavy atom. The lowest BCUT2D eigenvalue weighted by atomic mass is 10.2. The Balaban J connectivity index is 1.51. The number of halogens is 2. The van der Waals surface area contributed by atoms with Crippen molar-refractivity contribution in [2.75, 3.05) is 13.1 Å². The first-order chi connectivity index (χ1) is 12.3. The van der Waals surface area contributed by atoms with E-state index in [1.807, 2.05) is 16.7 Å². The summed E-state index contributed by atoms with van der Waals surface area (Å²) in [4.78, 5) is 32.1. The van der Waals surface area contributed by atoms with Crippen LogP contribution in [0.2, 0.25) is 10.0 Å². The topological polar surface area (TPSA) is 56.4 Å². The second-order valence-electron chi connectivity index (χ2n) is 7.22. The molecule has 1 aromatic carbocycles. The number of H-pyrrole nitrogens is 1. The van der Waals surface area contributed by atoms with Gasteiger partial charge in [-0.15, -0.1) is 0 Å². The van der Waals surface area contributed by atoms with E-state index in [0.717, 1.165) is 22.9 Å². The van der Waals surface area contributed by atoms with Crippen molar-refractivity contribution in [3.05, 3.63) is 46.1 Å². The maximum absolute atomic E-state index is 12.9. The van der Waals surface area contributed by atoms with Gasteiger partial charge in [0, 0.05) is 30.4 Å². The number of hydrogen-bond acceptors (Lipinski definition) is 2. The van der Waals surface area contributed by atoms with E-state index < -0.39 is 0 Å². The number of benzene rings is 1. The van der Waals surface area contributed by atoms with Crippen LogP contribution in [-0.2, 0) is 4.79 Å². The predicted molar refractivity (Wildman–Crippen MR) is 103 cm³/mol. The first kappa shape index (κ1) is 17.4. The SMILES string of the molecule is C=C(C)CC(=O)N1C[C@@H]2C[C@H]1CN2C(=O)c1cc2cc(Cl)c(Cl)cc2[nH]1. The van der Waals surface area contributed by atoms with Crippen molar-refractivity contribution >= 4 is 45.9 Å². The van der Waals surface area contributed by atoms with Crippen LogP contribution in [0.3, 0.4) is 0 Å². The summed E-state index contributed by atoms with van der Waals surface area (Å²) < 4.78 is 0. The second kappa shape index (κ2) is 6.32. The Morgan fingerprint density at radius 2 is 1.81 bits per heavy atom. The van der Waals surface area contributed by atoms with Gasteiger partial charge in [-0.2, -0.15) is 0 Å². The fourth-order valence-corrected chi connectivity index (χ4v) is 4.31. The molecule has 2 saturated heterocycles. The molecule has 5 nitrogen and oxygen atoms in total. The standard InChI is InChI=1S/C19H19Cl2N3O2/c1-10(2)3-18(25)23-8-13-6-12(23)9-24(13)19(26)17-5-11-4-14(20)15(21)7-16(11)22-17/h4-5,7,12-13,22H,1,3,6,8-9H2,2H3/t12-,13-/m0/s1. The van der Waals surface area contributed by atoms with Crippen molar-refractivity contribution in [2.24, 2.45) is 0 Å². The number of fused-ring (bicyclic) bond motifs is 3. The first-order valence-corrected chi connectivity index (χ1v) is 9.31. The molecular weight excluding hydrogens is 373 g/mol. The minimum atomic E-state index is -0.0482. The van der Waals surface area contributed by atoms with Gasteiger partial charge in [-0.25, -0.2) is 0 Å². The van der Waals surface area contributed by atoms with Gasteiger partial charge < -0.3 is 14.8 Å². The number of carbonyl (C=O) groups excluding carboxylic acids is 2. The van der Waals surface area contributed by atoms with Gasteiger partial charge in [0.2, 0.25) is 5.91 Å². The zero-order valence-electron chi connectivity index (χ0n) is 14.4. The number of hydrogen-bond donors (Lipinski definition) is 1. The summed E-state index contributed by atoms with van der Waals surface area (Å²) in [6.45, 7) is 6.84. The van der Waals surface area contributed by atoms with Crippen LogP contribution in [0, 0.1) is 0 Å². The molecule has 136 valence electrons. The van der Waals surface area contributed by atoms with E-state index in [0.29, 0.717) is 35.2 Å². The zero-order chi connectivity index (χ0) is 18.6. The second-order valence-corrected chi connectivity index (χ2v) is 8.03. The number of nitrogens with zero attached hydrogens (tertiary/aromatic N) is 2. The molecule has 2 aromatic rings. The minimum Gasteiger partial charge on any atom is -0.350 e. The monoisotopic (exact) mass is 391 g/mol. The van der Waals surface area contributed by atoms with Crippen molar-refractivity contribution in [1.29, 1.82) is 0 Å². The fourth-order valence-electron chi connectivity index (χ4n) is 3.98. The van der Waals surface area contributed by atoms with Gasteiger partial charge in [0.15, 0.2) is 0 Å². The van der Waals surface area contributed by atoms with E-state index in [2.05, 4.69) is 11.6 Å². The zero-order valence-corrected chi connectivity index (χ0v) is 15.9. The van der Waals surface area contributed by atoms with Gasteiger partial charge >= 0.3 is 0 Å². The summed E-state index contributed by atoms with van der Waals surface area (Å²) in [6.07, 6.45) is 1.21. The molecule has 0 saturated carbocycles. The van der Waals surface area contributed by atoms with Gasteiger partial charge in [0.25, 0.3) is 5.91 Å². The average molecular weight is 392 g/mol. The van der Waals surface area contributed by atoms with Gasteiger partial charge in [-0.3, -0.25) is 9.59 Å². The lowest BCUT2D eigenvalue weighted by molar-refractivity contribution is -0.132. The Morgan fingerprint density at radius 3 is 2.46 bits per heavy atom. The van der Waals surface area contributed by atoms with Crippen LogP contribution < -0.4 is 0 Å². The number of aromatic nitrogens is 1. The summed E-state index contributed by atoms with van der Waals surface area (Å²) >= 11 is 12.1. The van der Waals surface area contributed by atoms with E-state index in [1.165, 1.54) is 0 Å². The fraction of sp³-hybridized carbons (Fsp3) is 0.368. The minimum absolute atomic E-state index is 0.0482. The average Bonchev–Trinajstić information content (AvgIpc) is 3.27. The van der Waals surface area contributed by atoms with Crippen molar-refractivity contribution in [2.45, 2.75) is 31.8 Å². The van der Waals surface area contributed by atoms with Crippen molar-refractivity contribution in [1.82, 2.24) is 14.8 Å². The van der Waals surface area contributed by atoms with Crippen LogP contribution >= 0.6 is 23.2 Å². The number of nitrogens with one attached hydrogen (secondary N) is 1. The highest BCUT2D eigenvalue weighted by Gasteiger charge is 2.47. The number of aromatic amines is 1. The summed E-state index contributed by atoms with van der Waals surface area (Å²) in [7, 11) is 0. The van der Waals surface area contributed by atoms with E-state index in [-0.39, 0.29) is 23.9 Å². The normalized spacial score (nSPS) is 21.7. The molecule has 3 heterocycles. The van der Waals surface area contributed by atoms with Crippen molar-refractivity contribution < 1.29 is 9.59 Å². The molecule has 2 bridgehead atoms. The van der Waals surface area contributed by atoms with Crippen LogP contribution in [0.4, 0.5) is 0 Å². The Hall–Kier alpha value is -1.98. The van der Waals surface area contributed by atoms with E-state index in [4.69, 9.17) is 23.2 Å². The lowest BCUT2D eigenvalue weighted by Crippen LogP contribution is -2.50. The smallest absolute Gasteiger partial charge is 0.270 e. The van der Waals surface area contributed by atoms with E-state index in [9.17, 15) is 9.59 Å². The summed E-state index contributed by atoms with van der Waals surface area (Å²) in [6, 6.07) is 5.45.